The number of hydroxylamine groups is 2. The van der Waals surface area contributed by atoms with Crippen molar-refractivity contribution in [3.8, 4) is 0 Å². The van der Waals surface area contributed by atoms with Crippen molar-refractivity contribution in [2.75, 3.05) is 18.5 Å². The normalized spacial score (nSPS) is 20.9. The highest BCUT2D eigenvalue weighted by Crippen LogP contribution is 2.46. The predicted octanol–water partition coefficient (Wildman–Crippen LogP) is 2.60. The number of anilines is 1. The number of benzene rings is 1. The van der Waals surface area contributed by atoms with E-state index in [4.69, 9.17) is 9.57 Å². The molecule has 0 saturated carbocycles. The van der Waals surface area contributed by atoms with Gasteiger partial charge in [0.25, 0.3) is 23.6 Å². The maximum atomic E-state index is 12.5. The summed E-state index contributed by atoms with van der Waals surface area (Å²) in [6, 6.07) is 5.36. The number of carbonyl (C=O) groups is 6. The largest absolute Gasteiger partial charge is 0.533 e. The molecule has 4 rings (SSSR count). The predicted molar refractivity (Wildman–Crippen MR) is 129 cm³/mol. The number of allylic oxidation sites excluding steroid dienone is 3. The number of ether oxygens (including phenoxy) is 1. The van der Waals surface area contributed by atoms with E-state index in [1.165, 1.54) is 0 Å². The lowest BCUT2D eigenvalue weighted by atomic mass is 9.97. The summed E-state index contributed by atoms with van der Waals surface area (Å²) in [5.41, 5.74) is 4.05. The molecule has 1 fully saturated rings. The highest BCUT2D eigenvalue weighted by molar-refractivity contribution is 6.13. The van der Waals surface area contributed by atoms with Gasteiger partial charge in [0, 0.05) is 49.6 Å². The number of carbonyl (C=O) groups excluding carboxylic acids is 6. The van der Waals surface area contributed by atoms with Gasteiger partial charge in [-0.05, 0) is 48.3 Å². The Labute approximate surface area is 212 Å². The second kappa shape index (κ2) is 10.6. The van der Waals surface area contributed by atoms with Crippen LogP contribution in [0.4, 0.5) is 10.5 Å². The second-order valence-corrected chi connectivity index (χ2v) is 8.49. The average Bonchev–Trinajstić information content (AvgIpc) is 3.48. The van der Waals surface area contributed by atoms with Gasteiger partial charge < -0.3 is 10.1 Å². The first-order valence-corrected chi connectivity index (χ1v) is 11.7. The lowest BCUT2D eigenvalue weighted by Gasteiger charge is -2.17. The Hall–Kier alpha value is -4.54. The van der Waals surface area contributed by atoms with Gasteiger partial charge in [0.2, 0.25) is 5.91 Å². The quantitative estimate of drug-likeness (QED) is 0.439. The molecule has 2 heterocycles. The maximum absolute atomic E-state index is 12.5. The summed E-state index contributed by atoms with van der Waals surface area (Å²) >= 11 is 0. The van der Waals surface area contributed by atoms with Crippen LogP contribution >= 0.6 is 0 Å². The Morgan fingerprint density at radius 2 is 1.70 bits per heavy atom. The van der Waals surface area contributed by atoms with Crippen molar-refractivity contribution < 1.29 is 38.3 Å². The molecule has 11 heteroatoms. The highest BCUT2D eigenvalue weighted by Gasteiger charge is 2.35. The Kier molecular flexibility index (Phi) is 7.32. The van der Waals surface area contributed by atoms with Crippen LogP contribution in [-0.4, -0.2) is 58.8 Å². The zero-order valence-electron chi connectivity index (χ0n) is 20.3. The monoisotopic (exact) mass is 507 g/mol. The van der Waals surface area contributed by atoms with Crippen LogP contribution < -0.4 is 5.32 Å². The van der Waals surface area contributed by atoms with Crippen molar-refractivity contribution in [1.82, 2.24) is 9.96 Å². The minimum atomic E-state index is -1.17. The topological polar surface area (TPSA) is 139 Å². The van der Waals surface area contributed by atoms with Gasteiger partial charge in [-0.1, -0.05) is 23.3 Å². The summed E-state index contributed by atoms with van der Waals surface area (Å²) in [7, 11) is 0. The minimum absolute atomic E-state index is 0.0223. The summed E-state index contributed by atoms with van der Waals surface area (Å²) < 4.78 is 5.26. The van der Waals surface area contributed by atoms with Crippen LogP contribution in [0.25, 0.3) is 5.57 Å². The van der Waals surface area contributed by atoms with E-state index in [9.17, 15) is 28.8 Å². The summed E-state index contributed by atoms with van der Waals surface area (Å²) in [4.78, 5) is 77.2. The van der Waals surface area contributed by atoms with Crippen LogP contribution in [0.1, 0.15) is 50.2 Å². The number of rotatable bonds is 7. The van der Waals surface area contributed by atoms with Crippen molar-refractivity contribution in [3.63, 3.8) is 0 Å². The molecule has 1 unspecified atom stereocenters. The molecule has 0 spiro atoms. The molecule has 1 N–H and O–H groups in total. The first kappa shape index (κ1) is 25.5. The molecular formula is C26H25N3O8. The Morgan fingerprint density at radius 1 is 1.03 bits per heavy atom. The van der Waals surface area contributed by atoms with Crippen molar-refractivity contribution in [1.29, 1.82) is 0 Å². The zero-order chi connectivity index (χ0) is 26.7. The molecule has 0 bridgehead atoms. The number of amides is 5. The van der Waals surface area contributed by atoms with Gasteiger partial charge in [-0.3, -0.25) is 33.7 Å². The zero-order valence-corrected chi connectivity index (χ0v) is 20.3. The molecule has 1 saturated heterocycles. The Balaban J connectivity index is 1.44. The molecule has 1 aliphatic carbocycles. The van der Waals surface area contributed by atoms with Crippen molar-refractivity contribution in [3.05, 3.63) is 59.2 Å². The summed E-state index contributed by atoms with van der Waals surface area (Å²) in [5, 5.41) is 3.20. The van der Waals surface area contributed by atoms with Gasteiger partial charge in [0.15, 0.2) is 0 Å². The third-order valence-electron chi connectivity index (χ3n) is 6.29. The molecular weight excluding hydrogens is 482 g/mol. The lowest BCUT2D eigenvalue weighted by Crippen LogP contribution is -2.33. The first-order chi connectivity index (χ1) is 17.7. The standard InChI is InChI=1S/C26H25N3O8/c1-3-16-17(4-2)20(14-36-26(35)37-29-24(33)9-10-25(29)34)19-13-15(5-6-18(16)19)27-21(30)11-12-28-22(31)7-8-23(28)32/h3-8,13,20H,9-12,14H2,1-2H3,(H,27,30)/b16-3+,17-4+. The van der Waals surface area contributed by atoms with Crippen LogP contribution in [0, 0.1) is 0 Å². The second-order valence-electron chi connectivity index (χ2n) is 8.49. The average molecular weight is 507 g/mol. The maximum Gasteiger partial charge on any atom is 0.533 e. The van der Waals surface area contributed by atoms with Gasteiger partial charge in [-0.15, -0.1) is 0 Å². The van der Waals surface area contributed by atoms with E-state index in [1.54, 1.807) is 12.1 Å². The van der Waals surface area contributed by atoms with E-state index in [0.717, 1.165) is 39.3 Å². The van der Waals surface area contributed by atoms with E-state index in [1.807, 2.05) is 32.1 Å². The fraction of sp³-hybridized carbons (Fsp3) is 0.308. The third kappa shape index (κ3) is 5.20. The van der Waals surface area contributed by atoms with Crippen LogP contribution in [0.15, 0.2) is 48.1 Å². The van der Waals surface area contributed by atoms with E-state index >= 15 is 0 Å². The molecule has 1 aromatic carbocycles. The highest BCUT2D eigenvalue weighted by atomic mass is 16.8. The number of imide groups is 2. The Morgan fingerprint density at radius 3 is 2.32 bits per heavy atom. The number of hydrogen-bond acceptors (Lipinski definition) is 8. The van der Waals surface area contributed by atoms with Crippen molar-refractivity contribution >= 4 is 47.0 Å². The number of hydrogen-bond donors (Lipinski definition) is 1. The fourth-order valence-electron chi connectivity index (χ4n) is 4.54. The van der Waals surface area contributed by atoms with Crippen molar-refractivity contribution in [2.45, 2.75) is 39.0 Å². The van der Waals surface area contributed by atoms with E-state index in [2.05, 4.69) is 5.32 Å². The summed E-state index contributed by atoms with van der Waals surface area (Å²) in [6.45, 7) is 3.59. The van der Waals surface area contributed by atoms with Gasteiger partial charge in [0.1, 0.15) is 6.61 Å². The third-order valence-corrected chi connectivity index (χ3v) is 6.29. The van der Waals surface area contributed by atoms with Crippen LogP contribution in [0.2, 0.25) is 0 Å². The first-order valence-electron chi connectivity index (χ1n) is 11.7. The molecule has 11 nitrogen and oxygen atoms in total. The molecule has 0 radical (unpaired) electrons. The molecule has 37 heavy (non-hydrogen) atoms. The van der Waals surface area contributed by atoms with Gasteiger partial charge in [-0.2, -0.15) is 0 Å². The number of nitrogens with zero attached hydrogens (tertiary/aromatic N) is 2. The molecule has 192 valence electrons. The summed E-state index contributed by atoms with van der Waals surface area (Å²) in [5.74, 6) is -2.87. The molecule has 3 aliphatic rings. The number of fused-ring (bicyclic) bond motifs is 1. The summed E-state index contributed by atoms with van der Waals surface area (Å²) in [6.07, 6.45) is 4.89. The Bertz CT molecular complexity index is 1260. The number of nitrogens with one attached hydrogen (secondary N) is 1. The van der Waals surface area contributed by atoms with E-state index < -0.39 is 29.8 Å². The van der Waals surface area contributed by atoms with Gasteiger partial charge >= 0.3 is 6.16 Å². The van der Waals surface area contributed by atoms with Crippen LogP contribution in [0.3, 0.4) is 0 Å². The molecule has 0 aromatic heterocycles. The molecule has 2 aliphatic heterocycles. The van der Waals surface area contributed by atoms with E-state index in [-0.39, 0.29) is 44.2 Å². The fourth-order valence-corrected chi connectivity index (χ4v) is 4.54. The van der Waals surface area contributed by atoms with Crippen LogP contribution in [-0.2, 0) is 33.5 Å². The minimum Gasteiger partial charge on any atom is -0.432 e. The van der Waals surface area contributed by atoms with Gasteiger partial charge in [-0.25, -0.2) is 4.79 Å². The van der Waals surface area contributed by atoms with Crippen molar-refractivity contribution in [2.24, 2.45) is 0 Å². The van der Waals surface area contributed by atoms with Crippen LogP contribution in [0.5, 0.6) is 0 Å². The molecule has 1 atom stereocenters. The SMILES string of the molecule is C/C=C1\C(=C/C)c2ccc(NC(=O)CCN3C(=O)C=CC3=O)cc2C1COC(=O)ON1C(=O)CCC1=O. The lowest BCUT2D eigenvalue weighted by molar-refractivity contribution is -0.177. The van der Waals surface area contributed by atoms with E-state index in [0.29, 0.717) is 10.8 Å². The molecule has 5 amide bonds. The van der Waals surface area contributed by atoms with Gasteiger partial charge in [0.05, 0.1) is 0 Å². The molecule has 1 aromatic rings. The smallest absolute Gasteiger partial charge is 0.432 e.